The highest BCUT2D eigenvalue weighted by Gasteiger charge is 2.64. The zero-order valence-corrected chi connectivity index (χ0v) is 13.0. The van der Waals surface area contributed by atoms with Gasteiger partial charge in [-0.1, -0.05) is 29.8 Å². The van der Waals surface area contributed by atoms with Crippen LogP contribution >= 0.6 is 0 Å². The monoisotopic (exact) mass is 280 g/mol. The van der Waals surface area contributed by atoms with Gasteiger partial charge in [0, 0.05) is 30.2 Å². The van der Waals surface area contributed by atoms with Crippen LogP contribution in [0.25, 0.3) is 0 Å². The summed E-state index contributed by atoms with van der Waals surface area (Å²) in [5.41, 5.74) is 5.24. The number of nitrogens with zero attached hydrogens (tertiary/aromatic N) is 2. The summed E-state index contributed by atoms with van der Waals surface area (Å²) < 4.78 is 0. The molecule has 3 heterocycles. The molecule has 0 aromatic heterocycles. The van der Waals surface area contributed by atoms with E-state index in [4.69, 9.17) is 0 Å². The van der Waals surface area contributed by atoms with Gasteiger partial charge in [0.1, 0.15) is 0 Å². The third-order valence-electron chi connectivity index (χ3n) is 6.91. The summed E-state index contributed by atoms with van der Waals surface area (Å²) in [6, 6.07) is 10.6. The van der Waals surface area contributed by atoms with E-state index >= 15 is 0 Å². The fourth-order valence-electron chi connectivity index (χ4n) is 6.16. The number of piperidine rings is 1. The second-order valence-electron chi connectivity index (χ2n) is 7.38. The molecule has 0 amide bonds. The Hall–Kier alpha value is -1.28. The van der Waals surface area contributed by atoms with Gasteiger partial charge in [-0.25, -0.2) is 0 Å². The summed E-state index contributed by atoms with van der Waals surface area (Å²) in [6.45, 7) is 4.86. The van der Waals surface area contributed by atoms with E-state index in [0.717, 1.165) is 5.92 Å². The molecular weight excluding hydrogens is 256 g/mol. The number of para-hydroxylation sites is 1. The molecule has 0 N–H and O–H groups in total. The fraction of sp³-hybridized carbons (Fsp3) is 0.579. The summed E-state index contributed by atoms with van der Waals surface area (Å²) in [5.74, 6) is 0.823. The maximum atomic E-state index is 2.79. The second kappa shape index (κ2) is 3.92. The largest absolute Gasteiger partial charge is 0.370 e. The first kappa shape index (κ1) is 12.3. The molecule has 1 spiro atoms. The zero-order valence-electron chi connectivity index (χ0n) is 13.0. The molecule has 4 aliphatic rings. The molecule has 1 aromatic carbocycles. The van der Waals surface area contributed by atoms with E-state index in [2.05, 4.69) is 54.1 Å². The molecule has 5 rings (SSSR count). The third kappa shape index (κ3) is 1.25. The van der Waals surface area contributed by atoms with Crippen molar-refractivity contribution in [1.82, 2.24) is 4.90 Å². The highest BCUT2D eigenvalue weighted by molar-refractivity contribution is 5.67. The predicted molar refractivity (Wildman–Crippen MR) is 86.8 cm³/mol. The minimum absolute atomic E-state index is 0.365. The number of anilines is 1. The minimum Gasteiger partial charge on any atom is -0.370 e. The molecule has 3 fully saturated rings. The molecule has 1 aromatic rings. The van der Waals surface area contributed by atoms with Crippen molar-refractivity contribution in [2.24, 2.45) is 5.92 Å². The van der Waals surface area contributed by atoms with E-state index in [1.165, 1.54) is 38.0 Å². The van der Waals surface area contributed by atoms with Crippen molar-refractivity contribution in [3.63, 3.8) is 0 Å². The van der Waals surface area contributed by atoms with Gasteiger partial charge in [0.25, 0.3) is 0 Å². The lowest BCUT2D eigenvalue weighted by Gasteiger charge is -2.53. The first-order valence-electron chi connectivity index (χ1n) is 8.50. The van der Waals surface area contributed by atoms with Crippen LogP contribution in [0.1, 0.15) is 31.7 Å². The first-order valence-corrected chi connectivity index (χ1v) is 8.50. The van der Waals surface area contributed by atoms with E-state index in [1.807, 2.05) is 0 Å². The van der Waals surface area contributed by atoms with Crippen LogP contribution in [0.2, 0.25) is 0 Å². The smallest absolute Gasteiger partial charge is 0.0428 e. The molecule has 4 atom stereocenters. The summed E-state index contributed by atoms with van der Waals surface area (Å²) in [5, 5.41) is 0. The minimum atomic E-state index is 0.365. The number of fused-ring (bicyclic) bond motifs is 2. The lowest BCUT2D eigenvalue weighted by molar-refractivity contribution is 0.118. The molecule has 1 aliphatic carbocycles. The lowest BCUT2D eigenvalue weighted by Crippen LogP contribution is -2.60. The summed E-state index contributed by atoms with van der Waals surface area (Å²) in [6.07, 6.45) is 6.52. The number of rotatable bonds is 0. The molecule has 1 saturated carbocycles. The van der Waals surface area contributed by atoms with Gasteiger partial charge in [-0.15, -0.1) is 0 Å². The van der Waals surface area contributed by atoms with Gasteiger partial charge >= 0.3 is 0 Å². The van der Waals surface area contributed by atoms with Crippen LogP contribution in [0.15, 0.2) is 35.9 Å². The SMILES string of the molecule is CC=C1[C@H]2CCN3CC[C@@]4(c5ccccc5N(C)[C@H]4C2)[C@H]13. The average molecular weight is 280 g/mol. The van der Waals surface area contributed by atoms with Crippen LogP contribution in [-0.2, 0) is 5.41 Å². The average Bonchev–Trinajstić information content (AvgIpc) is 3.04. The fourth-order valence-corrected chi connectivity index (χ4v) is 6.16. The van der Waals surface area contributed by atoms with Crippen molar-refractivity contribution >= 4 is 5.69 Å². The maximum absolute atomic E-state index is 2.79. The number of hydrogen-bond donors (Lipinski definition) is 0. The van der Waals surface area contributed by atoms with Crippen molar-refractivity contribution < 1.29 is 0 Å². The molecule has 2 heteroatoms. The van der Waals surface area contributed by atoms with Gasteiger partial charge in [0.2, 0.25) is 0 Å². The van der Waals surface area contributed by atoms with E-state index < -0.39 is 0 Å². The van der Waals surface area contributed by atoms with Gasteiger partial charge in [-0.05, 0) is 56.8 Å². The molecule has 0 radical (unpaired) electrons. The maximum Gasteiger partial charge on any atom is 0.0428 e. The van der Waals surface area contributed by atoms with Crippen molar-refractivity contribution in [3.8, 4) is 0 Å². The Morgan fingerprint density at radius 3 is 2.95 bits per heavy atom. The number of likely N-dealkylation sites (N-methyl/N-ethyl adjacent to an activating group) is 1. The predicted octanol–water partition coefficient (Wildman–Crippen LogP) is 3.19. The molecule has 2 bridgehead atoms. The van der Waals surface area contributed by atoms with Gasteiger partial charge in [0.05, 0.1) is 0 Å². The summed E-state index contributed by atoms with van der Waals surface area (Å²) in [4.78, 5) is 5.39. The Bertz CT molecular complexity index is 634. The van der Waals surface area contributed by atoms with Crippen molar-refractivity contribution in [1.29, 1.82) is 0 Å². The van der Waals surface area contributed by atoms with Crippen LogP contribution in [-0.4, -0.2) is 37.1 Å². The Morgan fingerprint density at radius 1 is 1.24 bits per heavy atom. The van der Waals surface area contributed by atoms with Crippen molar-refractivity contribution in [3.05, 3.63) is 41.5 Å². The highest BCUT2D eigenvalue weighted by Crippen LogP contribution is 2.61. The van der Waals surface area contributed by atoms with Crippen LogP contribution < -0.4 is 4.90 Å². The van der Waals surface area contributed by atoms with Crippen molar-refractivity contribution in [2.45, 2.75) is 43.7 Å². The topological polar surface area (TPSA) is 6.48 Å². The zero-order chi connectivity index (χ0) is 14.2. The normalized spacial score (nSPS) is 42.3. The van der Waals surface area contributed by atoms with E-state index in [1.54, 1.807) is 11.1 Å². The number of allylic oxidation sites excluding steroid dienone is 1. The van der Waals surface area contributed by atoms with E-state index in [-0.39, 0.29) is 0 Å². The van der Waals surface area contributed by atoms with Crippen LogP contribution in [0.3, 0.4) is 0 Å². The standard InChI is InChI=1S/C19H24N2/c1-3-14-13-8-10-21-11-9-19(18(14)21)15-6-4-5-7-16(15)20(2)17(19)12-13/h3-7,13,17-18H,8-12H2,1-2H3/t13-,17-,18-,19-/m0/s1. The van der Waals surface area contributed by atoms with Crippen LogP contribution in [0.5, 0.6) is 0 Å². The summed E-state index contributed by atoms with van der Waals surface area (Å²) in [7, 11) is 2.33. The Kier molecular flexibility index (Phi) is 2.29. The quantitative estimate of drug-likeness (QED) is 0.673. The van der Waals surface area contributed by atoms with Gasteiger partial charge < -0.3 is 4.90 Å². The van der Waals surface area contributed by atoms with Crippen molar-refractivity contribution in [2.75, 3.05) is 25.0 Å². The van der Waals surface area contributed by atoms with Gasteiger partial charge in [-0.3, -0.25) is 4.90 Å². The molecular formula is C19H24N2. The third-order valence-corrected chi connectivity index (χ3v) is 6.91. The first-order chi connectivity index (χ1) is 10.3. The Morgan fingerprint density at radius 2 is 2.10 bits per heavy atom. The molecule has 21 heavy (non-hydrogen) atoms. The second-order valence-corrected chi connectivity index (χ2v) is 7.38. The van der Waals surface area contributed by atoms with Crippen LogP contribution in [0.4, 0.5) is 5.69 Å². The molecule has 3 aliphatic heterocycles. The Balaban J connectivity index is 1.78. The van der Waals surface area contributed by atoms with Gasteiger partial charge in [-0.2, -0.15) is 0 Å². The lowest BCUT2D eigenvalue weighted by atomic mass is 9.58. The number of hydrogen-bond acceptors (Lipinski definition) is 2. The highest BCUT2D eigenvalue weighted by atomic mass is 15.3. The Labute approximate surface area is 127 Å². The molecule has 0 unspecified atom stereocenters. The van der Waals surface area contributed by atoms with Crippen LogP contribution in [0, 0.1) is 5.92 Å². The van der Waals surface area contributed by atoms with E-state index in [9.17, 15) is 0 Å². The van der Waals surface area contributed by atoms with Gasteiger partial charge in [0.15, 0.2) is 0 Å². The molecule has 2 saturated heterocycles. The molecule has 2 nitrogen and oxygen atoms in total. The molecule has 110 valence electrons. The summed E-state index contributed by atoms with van der Waals surface area (Å²) >= 11 is 0. The number of benzene rings is 1. The van der Waals surface area contributed by atoms with E-state index in [0.29, 0.717) is 17.5 Å².